The van der Waals surface area contributed by atoms with Crippen molar-refractivity contribution in [2.45, 2.75) is 39.0 Å². The van der Waals surface area contributed by atoms with Crippen molar-refractivity contribution in [3.05, 3.63) is 62.7 Å². The fourth-order valence-electron chi connectivity index (χ4n) is 3.82. The molecule has 0 radical (unpaired) electrons. The quantitative estimate of drug-likeness (QED) is 0.696. The van der Waals surface area contributed by atoms with Crippen LogP contribution in [0.1, 0.15) is 34.5 Å². The molecule has 0 aliphatic carbocycles. The molecule has 1 unspecified atom stereocenters. The Morgan fingerprint density at radius 2 is 2.21 bits per heavy atom. The summed E-state index contributed by atoms with van der Waals surface area (Å²) < 4.78 is 8.91. The lowest BCUT2D eigenvalue weighted by atomic mass is 10.1. The summed E-state index contributed by atoms with van der Waals surface area (Å²) in [4.78, 5) is 25.8. The highest BCUT2D eigenvalue weighted by atomic mass is 35.5. The molecule has 1 N–H and O–H groups in total. The van der Waals surface area contributed by atoms with Crippen molar-refractivity contribution >= 4 is 28.4 Å². The van der Waals surface area contributed by atoms with Crippen molar-refractivity contribution in [1.82, 2.24) is 19.7 Å². The topological polar surface area (TPSA) is 78.2 Å². The van der Waals surface area contributed by atoms with E-state index in [-0.39, 0.29) is 23.8 Å². The number of nitrogens with zero attached hydrogens (tertiary/aromatic N) is 3. The van der Waals surface area contributed by atoms with Crippen LogP contribution in [0.5, 0.6) is 0 Å². The molecule has 2 aromatic heterocycles. The van der Waals surface area contributed by atoms with Gasteiger partial charge in [-0.2, -0.15) is 5.10 Å². The number of carbonyl (C=O) groups is 1. The van der Waals surface area contributed by atoms with E-state index in [0.29, 0.717) is 22.8 Å². The van der Waals surface area contributed by atoms with Crippen LogP contribution in [0.3, 0.4) is 0 Å². The van der Waals surface area contributed by atoms with Gasteiger partial charge in [0.2, 0.25) is 0 Å². The zero-order valence-corrected chi connectivity index (χ0v) is 17.2. The summed E-state index contributed by atoms with van der Waals surface area (Å²) in [6.07, 6.45) is 3.67. The van der Waals surface area contributed by atoms with Crippen LogP contribution in [0.2, 0.25) is 5.02 Å². The zero-order chi connectivity index (χ0) is 20.5. The summed E-state index contributed by atoms with van der Waals surface area (Å²) in [5, 5.41) is 8.68. The van der Waals surface area contributed by atoms with E-state index in [0.717, 1.165) is 30.4 Å². The molecule has 152 valence electrons. The van der Waals surface area contributed by atoms with Gasteiger partial charge in [0, 0.05) is 25.2 Å². The van der Waals surface area contributed by atoms with Crippen molar-refractivity contribution in [3.8, 4) is 0 Å². The van der Waals surface area contributed by atoms with E-state index >= 15 is 0 Å². The maximum absolute atomic E-state index is 12.9. The van der Waals surface area contributed by atoms with E-state index in [4.69, 9.17) is 16.3 Å². The first-order valence-corrected chi connectivity index (χ1v) is 10.0. The lowest BCUT2D eigenvalue weighted by Crippen LogP contribution is -2.35. The molecule has 1 atom stereocenters. The predicted molar refractivity (Wildman–Crippen MR) is 111 cm³/mol. The van der Waals surface area contributed by atoms with Crippen LogP contribution >= 0.6 is 11.6 Å². The highest BCUT2D eigenvalue weighted by Gasteiger charge is 2.21. The van der Waals surface area contributed by atoms with Crippen molar-refractivity contribution in [2.24, 2.45) is 7.05 Å². The molecule has 1 amide bonds. The third-order valence-electron chi connectivity index (χ3n) is 5.34. The molecule has 29 heavy (non-hydrogen) atoms. The number of aromatic nitrogens is 3. The average Bonchev–Trinajstić information content (AvgIpc) is 3.31. The minimum atomic E-state index is -0.417. The second kappa shape index (κ2) is 8.00. The molecule has 1 aliphatic rings. The Kier molecular flexibility index (Phi) is 5.43. The first-order chi connectivity index (χ1) is 14.0. The predicted octanol–water partition coefficient (Wildman–Crippen LogP) is 2.81. The summed E-state index contributed by atoms with van der Waals surface area (Å²) in [7, 11) is 1.83. The number of fused-ring (bicyclic) bond motifs is 1. The Hall–Kier alpha value is -2.64. The normalized spacial score (nSPS) is 16.4. The van der Waals surface area contributed by atoms with E-state index < -0.39 is 5.91 Å². The van der Waals surface area contributed by atoms with Gasteiger partial charge in [-0.05, 0) is 43.5 Å². The van der Waals surface area contributed by atoms with E-state index in [1.165, 1.54) is 0 Å². The van der Waals surface area contributed by atoms with E-state index in [9.17, 15) is 9.59 Å². The molecule has 3 aromatic rings. The molecule has 1 aliphatic heterocycles. The number of carbonyl (C=O) groups excluding carboxylic acids is 1. The molecule has 0 saturated carbocycles. The first kappa shape index (κ1) is 19.7. The molecule has 0 bridgehead atoms. The van der Waals surface area contributed by atoms with Crippen molar-refractivity contribution in [1.29, 1.82) is 0 Å². The summed E-state index contributed by atoms with van der Waals surface area (Å²) in [5.41, 5.74) is 2.03. The fraction of sp³-hybridized carbons (Fsp3) is 0.381. The zero-order valence-electron chi connectivity index (χ0n) is 16.4. The van der Waals surface area contributed by atoms with E-state index in [1.54, 1.807) is 34.5 Å². The smallest absolute Gasteiger partial charge is 0.263 e. The second-order valence-corrected chi connectivity index (χ2v) is 7.76. The Balaban J connectivity index is 1.57. The van der Waals surface area contributed by atoms with Crippen molar-refractivity contribution < 1.29 is 9.53 Å². The SMILES string of the molecule is Cc1ccn(CC2CCCO2)c(=O)c1C(=O)NCc1nn(C)c2cccc(Cl)c12. The summed E-state index contributed by atoms with van der Waals surface area (Å²) in [6.45, 7) is 3.12. The number of aryl methyl sites for hydroxylation is 2. The Bertz CT molecular complexity index is 1130. The summed E-state index contributed by atoms with van der Waals surface area (Å²) >= 11 is 6.33. The van der Waals surface area contributed by atoms with Gasteiger partial charge in [-0.25, -0.2) is 0 Å². The van der Waals surface area contributed by atoms with Gasteiger partial charge in [0.25, 0.3) is 11.5 Å². The van der Waals surface area contributed by atoms with Gasteiger partial charge >= 0.3 is 0 Å². The standard InChI is InChI=1S/C21H23ClN4O3/c1-13-8-9-26(12-14-5-4-10-29-14)21(28)18(13)20(27)23-11-16-19-15(22)6-3-7-17(19)25(2)24-16/h3,6-9,14H,4-5,10-12H2,1-2H3,(H,23,27). The summed E-state index contributed by atoms with van der Waals surface area (Å²) in [6, 6.07) is 7.36. The third kappa shape index (κ3) is 3.80. The molecule has 0 spiro atoms. The molecule has 1 fully saturated rings. The average molecular weight is 415 g/mol. The van der Waals surface area contributed by atoms with Gasteiger partial charge in [0.05, 0.1) is 35.4 Å². The van der Waals surface area contributed by atoms with Gasteiger partial charge in [0.1, 0.15) is 5.56 Å². The number of benzene rings is 1. The van der Waals surface area contributed by atoms with Crippen LogP contribution in [-0.2, 0) is 24.9 Å². The number of hydrogen-bond donors (Lipinski definition) is 1. The maximum Gasteiger partial charge on any atom is 0.263 e. The highest BCUT2D eigenvalue weighted by Crippen LogP contribution is 2.26. The fourth-order valence-corrected chi connectivity index (χ4v) is 4.10. The molecular weight excluding hydrogens is 392 g/mol. The molecule has 1 aromatic carbocycles. The van der Waals surface area contributed by atoms with Crippen LogP contribution in [0.4, 0.5) is 0 Å². The minimum Gasteiger partial charge on any atom is -0.376 e. The number of rotatable bonds is 5. The Morgan fingerprint density at radius 1 is 1.38 bits per heavy atom. The van der Waals surface area contributed by atoms with Crippen LogP contribution in [0, 0.1) is 6.92 Å². The third-order valence-corrected chi connectivity index (χ3v) is 5.66. The maximum atomic E-state index is 12.9. The van der Waals surface area contributed by atoms with Gasteiger partial charge in [0.15, 0.2) is 0 Å². The van der Waals surface area contributed by atoms with Gasteiger partial charge < -0.3 is 14.6 Å². The van der Waals surface area contributed by atoms with Crippen LogP contribution in [0.15, 0.2) is 35.3 Å². The molecule has 8 heteroatoms. The number of ether oxygens (including phenoxy) is 1. The first-order valence-electron chi connectivity index (χ1n) is 9.65. The summed E-state index contributed by atoms with van der Waals surface area (Å²) in [5.74, 6) is -0.417. The minimum absolute atomic E-state index is 0.0216. The number of hydrogen-bond acceptors (Lipinski definition) is 4. The van der Waals surface area contributed by atoms with Gasteiger partial charge in [-0.1, -0.05) is 17.7 Å². The lowest BCUT2D eigenvalue weighted by Gasteiger charge is -2.14. The van der Waals surface area contributed by atoms with Gasteiger partial charge in [-0.3, -0.25) is 14.3 Å². The number of nitrogens with one attached hydrogen (secondary N) is 1. The van der Waals surface area contributed by atoms with Crippen molar-refractivity contribution in [2.75, 3.05) is 6.61 Å². The highest BCUT2D eigenvalue weighted by molar-refractivity contribution is 6.35. The molecular formula is C21H23ClN4O3. The molecule has 4 rings (SSSR count). The van der Waals surface area contributed by atoms with E-state index in [2.05, 4.69) is 10.4 Å². The van der Waals surface area contributed by atoms with Crippen molar-refractivity contribution in [3.63, 3.8) is 0 Å². The van der Waals surface area contributed by atoms with E-state index in [1.807, 2.05) is 19.2 Å². The Morgan fingerprint density at radius 3 is 2.97 bits per heavy atom. The van der Waals surface area contributed by atoms with Crippen LogP contribution < -0.4 is 10.9 Å². The second-order valence-electron chi connectivity index (χ2n) is 7.35. The number of amides is 1. The number of halogens is 1. The molecule has 3 heterocycles. The van der Waals surface area contributed by atoms with Gasteiger partial charge in [-0.15, -0.1) is 0 Å². The largest absolute Gasteiger partial charge is 0.376 e. The monoisotopic (exact) mass is 414 g/mol. The molecule has 1 saturated heterocycles. The van der Waals surface area contributed by atoms with Crippen LogP contribution in [-0.4, -0.2) is 33.0 Å². The number of pyridine rings is 1. The molecule has 7 nitrogen and oxygen atoms in total. The Labute approximate surface area is 173 Å². The van der Waals surface area contributed by atoms with Crippen LogP contribution in [0.25, 0.3) is 10.9 Å². The lowest BCUT2D eigenvalue weighted by molar-refractivity contribution is 0.0928.